The van der Waals surface area contributed by atoms with Gasteiger partial charge in [0.2, 0.25) is 5.91 Å². The topological polar surface area (TPSA) is 109 Å². The molecule has 44 heavy (non-hydrogen) atoms. The molecule has 5 atom stereocenters. The average Bonchev–Trinajstić information content (AvgIpc) is 3.45. The zero-order valence-electron chi connectivity index (χ0n) is 25.6. The van der Waals surface area contributed by atoms with E-state index >= 15 is 0 Å². The molecule has 2 amide bonds. The van der Waals surface area contributed by atoms with E-state index in [1.165, 1.54) is 0 Å². The summed E-state index contributed by atoms with van der Waals surface area (Å²) >= 11 is 0. The van der Waals surface area contributed by atoms with Crippen molar-refractivity contribution in [3.05, 3.63) is 77.9 Å². The van der Waals surface area contributed by atoms with E-state index in [0.29, 0.717) is 40.7 Å². The van der Waals surface area contributed by atoms with Crippen molar-refractivity contribution >= 4 is 31.5 Å². The molecule has 1 fully saturated rings. The fourth-order valence-electron chi connectivity index (χ4n) is 7.00. The third-order valence-electron chi connectivity index (χ3n) is 9.32. The minimum absolute atomic E-state index is 0.0597. The van der Waals surface area contributed by atoms with Crippen molar-refractivity contribution in [2.45, 2.75) is 63.1 Å². The Bertz CT molecular complexity index is 1560. The Morgan fingerprint density at radius 2 is 1.80 bits per heavy atom. The number of hydrogen-bond donors (Lipinski definition) is 2. The van der Waals surface area contributed by atoms with Crippen molar-refractivity contribution in [1.82, 2.24) is 4.90 Å². The number of carbonyl (C=O) groups excluding carboxylic acids is 2. The van der Waals surface area contributed by atoms with Crippen molar-refractivity contribution in [1.29, 1.82) is 0 Å². The zero-order chi connectivity index (χ0) is 31.2. The van der Waals surface area contributed by atoms with Crippen molar-refractivity contribution in [2.75, 3.05) is 25.2 Å². The summed E-state index contributed by atoms with van der Waals surface area (Å²) in [5.41, 5.74) is 2.12. The van der Waals surface area contributed by atoms with Gasteiger partial charge in [-0.2, -0.15) is 0 Å². The van der Waals surface area contributed by atoms with Crippen LogP contribution in [0.25, 0.3) is 0 Å². The molecule has 3 aromatic rings. The van der Waals surface area contributed by atoms with E-state index in [0.717, 1.165) is 18.4 Å². The first-order valence-electron chi connectivity index (χ1n) is 15.3. The second-order valence-corrected chi connectivity index (χ2v) is 16.6. The molecule has 3 aliphatic heterocycles. The van der Waals surface area contributed by atoms with E-state index in [9.17, 15) is 19.5 Å². The summed E-state index contributed by atoms with van der Waals surface area (Å²) in [5, 5.41) is 9.79. The first-order valence-corrected chi connectivity index (χ1v) is 18.3. The summed E-state index contributed by atoms with van der Waals surface area (Å²) in [6.07, 6.45) is 0.914. The third-order valence-corrected chi connectivity index (χ3v) is 11.7. The molecular formula is C34H40N2O7Si. The van der Waals surface area contributed by atoms with Crippen LogP contribution < -0.4 is 14.4 Å². The van der Waals surface area contributed by atoms with Crippen molar-refractivity contribution in [3.8, 4) is 17.2 Å². The van der Waals surface area contributed by atoms with Gasteiger partial charge in [-0.15, -0.1) is 0 Å². The van der Waals surface area contributed by atoms with Gasteiger partial charge in [-0.3, -0.25) is 14.5 Å². The smallest absolute Gasteiger partial charge is 0.266 e. The summed E-state index contributed by atoms with van der Waals surface area (Å²) in [4.78, 5) is 42.3. The minimum atomic E-state index is -2.91. The summed E-state index contributed by atoms with van der Waals surface area (Å²) < 4.78 is 18.9. The highest BCUT2D eigenvalue weighted by molar-refractivity contribution is 6.71. The highest BCUT2D eigenvalue weighted by Gasteiger charge is 2.48. The Balaban J connectivity index is 1.36. The van der Waals surface area contributed by atoms with Gasteiger partial charge in [0.15, 0.2) is 14.1 Å². The Labute approximate surface area is 259 Å². The van der Waals surface area contributed by atoms with Gasteiger partial charge in [0, 0.05) is 37.1 Å². The second-order valence-electron chi connectivity index (χ2n) is 12.6. The Kier molecular flexibility index (Phi) is 8.27. The summed E-state index contributed by atoms with van der Waals surface area (Å²) in [7, 11) is -1.26. The number of likely N-dealkylation sites (tertiary alicyclic amines) is 1. The van der Waals surface area contributed by atoms with E-state index in [1.54, 1.807) is 29.0 Å². The maximum absolute atomic E-state index is 14.0. The van der Waals surface area contributed by atoms with Crippen molar-refractivity contribution in [2.24, 2.45) is 5.92 Å². The van der Waals surface area contributed by atoms with Gasteiger partial charge in [0.1, 0.15) is 17.6 Å². The van der Waals surface area contributed by atoms with Crippen LogP contribution in [0.2, 0.25) is 18.6 Å². The maximum Gasteiger partial charge on any atom is 0.266 e. The Hall–Kier alpha value is -3.70. The van der Waals surface area contributed by atoms with Gasteiger partial charge in [-0.05, 0) is 68.4 Å². The van der Waals surface area contributed by atoms with E-state index in [2.05, 4.69) is 0 Å². The molecule has 0 aliphatic carbocycles. The highest BCUT2D eigenvalue weighted by atomic mass is 28.4. The molecule has 9 nitrogen and oxygen atoms in total. The normalized spacial score (nSPS) is 23.5. The number of hydrogen-bond acceptors (Lipinski definition) is 7. The SMILES string of the molecule is CO[C@@H]1c2cc(N3C(=O)c4ccccc4Oc4ccccc43)ccc2O[C@H](C(CC(=O)N2CCC[C@H]2CO)[Si](C)(C)O)[C@H]1C. The lowest BCUT2D eigenvalue weighted by molar-refractivity contribution is -0.133. The standard InChI is InChI=1S/C34H40N2O7Si/c1-21-32(41-2)25-18-22(36-26-12-6-8-14-29(26)42-27-13-7-5-11-24(27)34(36)39)15-16-28(25)43-33(21)30(44(3,4)40)19-31(38)35-17-9-10-23(35)20-37/h5-8,11-16,18,21,23,30,32-33,37,40H,9-10,17,19-20H2,1-4H3/t21-,23-,30?,32-,33-/m0/s1. The molecule has 0 saturated carbocycles. The lowest BCUT2D eigenvalue weighted by Crippen LogP contribution is -2.50. The molecule has 0 spiro atoms. The lowest BCUT2D eigenvalue weighted by atomic mass is 9.86. The summed E-state index contributed by atoms with van der Waals surface area (Å²) in [6, 6.07) is 20.1. The quantitative estimate of drug-likeness (QED) is 0.323. The number of nitrogens with zero attached hydrogens (tertiary/aromatic N) is 2. The third kappa shape index (κ3) is 5.40. The Morgan fingerprint density at radius 3 is 2.52 bits per heavy atom. The van der Waals surface area contributed by atoms with Gasteiger partial charge >= 0.3 is 0 Å². The number of amides is 2. The molecule has 6 rings (SSSR count). The van der Waals surface area contributed by atoms with Crippen LogP contribution in [0.5, 0.6) is 17.2 Å². The van der Waals surface area contributed by atoms with E-state index in [1.807, 2.05) is 74.6 Å². The fraction of sp³-hybridized carbons (Fsp3) is 0.412. The number of ether oxygens (including phenoxy) is 3. The summed E-state index contributed by atoms with van der Waals surface area (Å²) in [6.45, 7) is 6.27. The number of aliphatic hydroxyl groups excluding tert-OH is 1. The number of para-hydroxylation sites is 3. The van der Waals surface area contributed by atoms with Crippen LogP contribution in [-0.2, 0) is 9.53 Å². The number of fused-ring (bicyclic) bond motifs is 3. The largest absolute Gasteiger partial charge is 0.490 e. The van der Waals surface area contributed by atoms with Crippen LogP contribution in [-0.4, -0.2) is 67.3 Å². The first kappa shape index (κ1) is 30.3. The molecule has 232 valence electrons. The number of aliphatic hydroxyl groups is 1. The number of methoxy groups -OCH3 is 1. The second kappa shape index (κ2) is 12.0. The first-order chi connectivity index (χ1) is 21.1. The molecule has 1 unspecified atom stereocenters. The lowest BCUT2D eigenvalue weighted by Gasteiger charge is -2.44. The molecule has 10 heteroatoms. The average molecular weight is 617 g/mol. The molecule has 1 saturated heterocycles. The highest BCUT2D eigenvalue weighted by Crippen LogP contribution is 2.49. The number of anilines is 2. The van der Waals surface area contributed by atoms with Gasteiger partial charge in [0.25, 0.3) is 5.91 Å². The number of carbonyl (C=O) groups is 2. The minimum Gasteiger partial charge on any atom is -0.490 e. The molecule has 0 radical (unpaired) electrons. The number of benzene rings is 3. The van der Waals surface area contributed by atoms with Crippen LogP contribution in [0.15, 0.2) is 66.7 Å². The van der Waals surface area contributed by atoms with Crippen LogP contribution in [0.3, 0.4) is 0 Å². The van der Waals surface area contributed by atoms with Crippen LogP contribution in [0.4, 0.5) is 11.4 Å². The van der Waals surface area contributed by atoms with E-state index in [4.69, 9.17) is 14.2 Å². The van der Waals surface area contributed by atoms with Crippen LogP contribution >= 0.6 is 0 Å². The zero-order valence-corrected chi connectivity index (χ0v) is 26.6. The van der Waals surface area contributed by atoms with Crippen molar-refractivity contribution in [3.63, 3.8) is 0 Å². The predicted octanol–water partition coefficient (Wildman–Crippen LogP) is 5.80. The van der Waals surface area contributed by atoms with Gasteiger partial charge in [-0.1, -0.05) is 31.2 Å². The molecule has 2 N–H and O–H groups in total. The molecule has 3 heterocycles. The monoisotopic (exact) mass is 616 g/mol. The molecule has 3 aromatic carbocycles. The predicted molar refractivity (Wildman–Crippen MR) is 169 cm³/mol. The fourth-order valence-corrected chi connectivity index (χ4v) is 8.85. The molecule has 3 aliphatic rings. The van der Waals surface area contributed by atoms with Gasteiger partial charge < -0.3 is 29.0 Å². The Morgan fingerprint density at radius 1 is 1.07 bits per heavy atom. The summed E-state index contributed by atoms with van der Waals surface area (Å²) in [5.74, 6) is 1.19. The van der Waals surface area contributed by atoms with Gasteiger partial charge in [0.05, 0.1) is 35.7 Å². The van der Waals surface area contributed by atoms with Crippen LogP contribution in [0.1, 0.15) is 48.2 Å². The maximum atomic E-state index is 14.0. The molecule has 0 bridgehead atoms. The molecular weight excluding hydrogens is 576 g/mol. The van der Waals surface area contributed by atoms with E-state index < -0.39 is 26.1 Å². The number of rotatable bonds is 7. The van der Waals surface area contributed by atoms with Crippen molar-refractivity contribution < 1.29 is 33.7 Å². The van der Waals surface area contributed by atoms with E-state index in [-0.39, 0.29) is 36.8 Å². The van der Waals surface area contributed by atoms with Crippen LogP contribution in [0, 0.1) is 5.92 Å². The van der Waals surface area contributed by atoms with Gasteiger partial charge in [-0.25, -0.2) is 0 Å². The molecule has 0 aromatic heterocycles.